The molecule has 22 heavy (non-hydrogen) atoms. The third kappa shape index (κ3) is 3.32. The van der Waals surface area contributed by atoms with Crippen LogP contribution in [0.2, 0.25) is 0 Å². The van der Waals surface area contributed by atoms with Crippen LogP contribution in [0.1, 0.15) is 50.5 Å². The summed E-state index contributed by atoms with van der Waals surface area (Å²) in [6.45, 7) is 0.546. The van der Waals surface area contributed by atoms with Gasteiger partial charge in [-0.15, -0.1) is 0 Å². The standard InChI is InChI=1S/C18H25FN2O/c19-15-7-3-2-6-14(15)12-17(10-11-17)16(22)21-13-18(20)8-4-1-5-9-18/h2-3,6-7H,1,4-5,8-13,20H2,(H,21,22). The predicted molar refractivity (Wildman–Crippen MR) is 84.8 cm³/mol. The highest BCUT2D eigenvalue weighted by atomic mass is 19.1. The molecule has 2 saturated carbocycles. The van der Waals surface area contributed by atoms with Crippen LogP contribution in [-0.4, -0.2) is 18.0 Å². The molecule has 2 fully saturated rings. The number of nitrogens with one attached hydrogen (secondary N) is 1. The molecule has 3 rings (SSSR count). The number of nitrogens with two attached hydrogens (primary N) is 1. The van der Waals surface area contributed by atoms with Crippen molar-refractivity contribution in [3.05, 3.63) is 35.6 Å². The zero-order chi connectivity index (χ0) is 15.6. The van der Waals surface area contributed by atoms with Crippen molar-refractivity contribution < 1.29 is 9.18 Å². The van der Waals surface area contributed by atoms with Gasteiger partial charge in [0.05, 0.1) is 5.41 Å². The number of hydrogen-bond donors (Lipinski definition) is 2. The topological polar surface area (TPSA) is 55.1 Å². The lowest BCUT2D eigenvalue weighted by molar-refractivity contribution is -0.126. The zero-order valence-electron chi connectivity index (χ0n) is 13.0. The lowest BCUT2D eigenvalue weighted by Crippen LogP contribution is -2.52. The number of carbonyl (C=O) groups is 1. The van der Waals surface area contributed by atoms with Crippen LogP contribution < -0.4 is 11.1 Å². The lowest BCUT2D eigenvalue weighted by Gasteiger charge is -2.34. The molecule has 0 atom stereocenters. The molecular weight excluding hydrogens is 279 g/mol. The first-order valence-electron chi connectivity index (χ1n) is 8.34. The fourth-order valence-electron chi connectivity index (χ4n) is 3.52. The summed E-state index contributed by atoms with van der Waals surface area (Å²) >= 11 is 0. The molecule has 3 nitrogen and oxygen atoms in total. The van der Waals surface area contributed by atoms with Gasteiger partial charge >= 0.3 is 0 Å². The highest BCUT2D eigenvalue weighted by Crippen LogP contribution is 2.49. The molecule has 120 valence electrons. The number of amides is 1. The van der Waals surface area contributed by atoms with Crippen LogP contribution in [0.25, 0.3) is 0 Å². The van der Waals surface area contributed by atoms with E-state index in [2.05, 4.69) is 5.32 Å². The van der Waals surface area contributed by atoms with E-state index < -0.39 is 5.41 Å². The Morgan fingerprint density at radius 3 is 2.45 bits per heavy atom. The van der Waals surface area contributed by atoms with E-state index in [-0.39, 0.29) is 17.3 Å². The number of rotatable bonds is 5. The Balaban J connectivity index is 1.58. The second-order valence-electron chi connectivity index (χ2n) is 7.15. The van der Waals surface area contributed by atoms with Crippen molar-refractivity contribution in [3.63, 3.8) is 0 Å². The van der Waals surface area contributed by atoms with Crippen molar-refractivity contribution in [2.45, 2.75) is 56.9 Å². The first-order chi connectivity index (χ1) is 10.5. The number of hydrogen-bond acceptors (Lipinski definition) is 2. The Bertz CT molecular complexity index is 548. The third-order valence-corrected chi connectivity index (χ3v) is 5.27. The van der Waals surface area contributed by atoms with Gasteiger partial charge < -0.3 is 11.1 Å². The molecule has 0 spiro atoms. The average Bonchev–Trinajstić information content (AvgIpc) is 3.29. The van der Waals surface area contributed by atoms with Gasteiger partial charge in [0.25, 0.3) is 0 Å². The lowest BCUT2D eigenvalue weighted by atomic mass is 9.82. The number of benzene rings is 1. The molecule has 1 amide bonds. The second kappa shape index (κ2) is 5.99. The Labute approximate surface area is 131 Å². The minimum absolute atomic E-state index is 0.0474. The minimum Gasteiger partial charge on any atom is -0.354 e. The van der Waals surface area contributed by atoms with E-state index in [1.165, 1.54) is 12.5 Å². The highest BCUT2D eigenvalue weighted by molar-refractivity contribution is 5.85. The fourth-order valence-corrected chi connectivity index (χ4v) is 3.52. The summed E-state index contributed by atoms with van der Waals surface area (Å²) in [5, 5.41) is 3.05. The molecule has 0 heterocycles. The maximum Gasteiger partial charge on any atom is 0.226 e. The Kier molecular flexibility index (Phi) is 4.22. The summed E-state index contributed by atoms with van der Waals surface area (Å²) in [4.78, 5) is 12.5. The molecule has 2 aliphatic rings. The van der Waals surface area contributed by atoms with Gasteiger partial charge in [0.15, 0.2) is 0 Å². The van der Waals surface area contributed by atoms with E-state index in [0.717, 1.165) is 38.5 Å². The summed E-state index contributed by atoms with van der Waals surface area (Å²) in [6.07, 6.45) is 7.66. The Morgan fingerprint density at radius 2 is 1.82 bits per heavy atom. The molecule has 2 aliphatic carbocycles. The van der Waals surface area contributed by atoms with Crippen LogP contribution in [0, 0.1) is 11.2 Å². The monoisotopic (exact) mass is 304 g/mol. The maximum absolute atomic E-state index is 13.8. The van der Waals surface area contributed by atoms with E-state index in [1.54, 1.807) is 12.1 Å². The maximum atomic E-state index is 13.8. The third-order valence-electron chi connectivity index (χ3n) is 5.27. The van der Waals surface area contributed by atoms with E-state index >= 15 is 0 Å². The first-order valence-corrected chi connectivity index (χ1v) is 8.34. The van der Waals surface area contributed by atoms with Gasteiger partial charge in [-0.1, -0.05) is 37.5 Å². The van der Waals surface area contributed by atoms with Gasteiger partial charge in [-0.25, -0.2) is 4.39 Å². The Morgan fingerprint density at radius 1 is 1.14 bits per heavy atom. The van der Waals surface area contributed by atoms with Gasteiger partial charge in [0.1, 0.15) is 5.82 Å². The van der Waals surface area contributed by atoms with Gasteiger partial charge in [-0.2, -0.15) is 0 Å². The van der Waals surface area contributed by atoms with Crippen molar-refractivity contribution in [1.29, 1.82) is 0 Å². The minimum atomic E-state index is -0.410. The van der Waals surface area contributed by atoms with Crippen molar-refractivity contribution in [2.24, 2.45) is 11.1 Å². The average molecular weight is 304 g/mol. The summed E-state index contributed by atoms with van der Waals surface area (Å²) in [7, 11) is 0. The normalized spacial score (nSPS) is 22.1. The van der Waals surface area contributed by atoms with Crippen LogP contribution in [0.15, 0.2) is 24.3 Å². The predicted octanol–water partition coefficient (Wildman–Crippen LogP) is 2.93. The van der Waals surface area contributed by atoms with Crippen LogP contribution in [0.3, 0.4) is 0 Å². The zero-order valence-corrected chi connectivity index (χ0v) is 13.0. The van der Waals surface area contributed by atoms with Gasteiger partial charge in [0, 0.05) is 12.1 Å². The number of halogens is 1. The van der Waals surface area contributed by atoms with Crippen LogP contribution in [0.4, 0.5) is 4.39 Å². The molecule has 0 aromatic heterocycles. The molecule has 0 radical (unpaired) electrons. The van der Waals surface area contributed by atoms with E-state index in [1.807, 2.05) is 6.07 Å². The van der Waals surface area contributed by atoms with Crippen molar-refractivity contribution in [2.75, 3.05) is 6.54 Å². The number of carbonyl (C=O) groups excluding carboxylic acids is 1. The molecule has 0 saturated heterocycles. The summed E-state index contributed by atoms with van der Waals surface area (Å²) in [5.41, 5.74) is 6.35. The molecule has 0 bridgehead atoms. The van der Waals surface area contributed by atoms with Gasteiger partial charge in [-0.05, 0) is 43.7 Å². The SMILES string of the molecule is NC1(CNC(=O)C2(Cc3ccccc3F)CC2)CCCCC1. The van der Waals surface area contributed by atoms with Gasteiger partial charge in [-0.3, -0.25) is 4.79 Å². The van der Waals surface area contributed by atoms with E-state index in [9.17, 15) is 9.18 Å². The molecule has 1 aromatic rings. The fraction of sp³-hybridized carbons (Fsp3) is 0.611. The van der Waals surface area contributed by atoms with Crippen molar-refractivity contribution in [3.8, 4) is 0 Å². The molecule has 0 unspecified atom stereocenters. The molecule has 0 aliphatic heterocycles. The highest BCUT2D eigenvalue weighted by Gasteiger charge is 2.50. The van der Waals surface area contributed by atoms with E-state index in [4.69, 9.17) is 5.73 Å². The molecule has 1 aromatic carbocycles. The molecule has 3 N–H and O–H groups in total. The molecule has 4 heteroatoms. The van der Waals surface area contributed by atoms with Crippen LogP contribution in [0.5, 0.6) is 0 Å². The second-order valence-corrected chi connectivity index (χ2v) is 7.15. The van der Waals surface area contributed by atoms with Crippen molar-refractivity contribution in [1.82, 2.24) is 5.32 Å². The molecular formula is C18H25FN2O. The first kappa shape index (κ1) is 15.5. The summed E-state index contributed by atoms with van der Waals surface area (Å²) in [6, 6.07) is 6.73. The largest absolute Gasteiger partial charge is 0.354 e. The van der Waals surface area contributed by atoms with Crippen molar-refractivity contribution >= 4 is 5.91 Å². The Hall–Kier alpha value is -1.42. The quantitative estimate of drug-likeness (QED) is 0.879. The van der Waals surface area contributed by atoms with Crippen LogP contribution in [-0.2, 0) is 11.2 Å². The van der Waals surface area contributed by atoms with Gasteiger partial charge in [0.2, 0.25) is 5.91 Å². The van der Waals surface area contributed by atoms with E-state index in [0.29, 0.717) is 18.5 Å². The summed E-state index contributed by atoms with van der Waals surface area (Å²) < 4.78 is 13.8. The smallest absolute Gasteiger partial charge is 0.226 e. The summed E-state index contributed by atoms with van der Waals surface area (Å²) in [5.74, 6) is -0.171. The van der Waals surface area contributed by atoms with Crippen LogP contribution >= 0.6 is 0 Å².